The molecule has 0 fully saturated rings. The minimum absolute atomic E-state index is 0.0216. The van der Waals surface area contributed by atoms with Gasteiger partial charge < -0.3 is 19.8 Å². The molecule has 10 heteroatoms. The van der Waals surface area contributed by atoms with E-state index in [4.69, 9.17) is 9.78 Å². The molecular formula is C27H20N4O6. The molecule has 0 aliphatic carbocycles. The minimum Gasteiger partial charge on any atom is -0.478 e. The van der Waals surface area contributed by atoms with Gasteiger partial charge in [-0.15, -0.1) is 0 Å². The van der Waals surface area contributed by atoms with Crippen molar-refractivity contribution in [3.8, 4) is 17.2 Å². The fraction of sp³-hybridized carbons (Fsp3) is 0.111. The van der Waals surface area contributed by atoms with Crippen molar-refractivity contribution in [1.29, 1.82) is 5.26 Å². The fourth-order valence-electron chi connectivity index (χ4n) is 3.81. The standard InChI is InChI=1S/C27H20N4O6/c1-14(32)19-11-22-24(12-20(19)17-5-7-18(8-6-17)31(3)15(2)33)37-30-25(22)26(34)29-23-9-4-16(13-28)10-21(23)27(35)36/h4-12H,1-3H3,(H,29,34)(H,35,36). The predicted octanol–water partition coefficient (Wildman–Crippen LogP) is 4.50. The third kappa shape index (κ3) is 4.78. The van der Waals surface area contributed by atoms with Gasteiger partial charge in [0.1, 0.15) is 0 Å². The zero-order chi connectivity index (χ0) is 26.9. The van der Waals surface area contributed by atoms with E-state index in [1.54, 1.807) is 37.4 Å². The molecule has 2 N–H and O–H groups in total. The molecule has 0 spiro atoms. The van der Waals surface area contributed by atoms with E-state index < -0.39 is 11.9 Å². The largest absolute Gasteiger partial charge is 0.478 e. The number of carboxylic acids is 1. The lowest BCUT2D eigenvalue weighted by Gasteiger charge is -2.15. The molecule has 0 bridgehead atoms. The Morgan fingerprint density at radius 3 is 2.30 bits per heavy atom. The quantitative estimate of drug-likeness (QED) is 0.370. The number of hydrogen-bond donors (Lipinski definition) is 2. The maximum Gasteiger partial charge on any atom is 0.337 e. The summed E-state index contributed by atoms with van der Waals surface area (Å²) in [5.41, 5.74) is 2.21. The van der Waals surface area contributed by atoms with Crippen molar-refractivity contribution < 1.29 is 28.8 Å². The van der Waals surface area contributed by atoms with Crippen LogP contribution >= 0.6 is 0 Å². The summed E-state index contributed by atoms with van der Waals surface area (Å²) in [5, 5.41) is 25.1. The molecule has 1 aromatic heterocycles. The highest BCUT2D eigenvalue weighted by Gasteiger charge is 2.22. The van der Waals surface area contributed by atoms with Crippen molar-refractivity contribution in [2.24, 2.45) is 0 Å². The summed E-state index contributed by atoms with van der Waals surface area (Å²) in [5.74, 6) is -2.44. The maximum absolute atomic E-state index is 13.0. The van der Waals surface area contributed by atoms with Crippen LogP contribution in [-0.2, 0) is 4.79 Å². The number of rotatable bonds is 6. The molecule has 0 unspecified atom stereocenters. The van der Waals surface area contributed by atoms with Crippen LogP contribution in [0.5, 0.6) is 0 Å². The summed E-state index contributed by atoms with van der Waals surface area (Å²) in [6, 6.07) is 15.8. The van der Waals surface area contributed by atoms with Crippen LogP contribution in [0.2, 0.25) is 0 Å². The van der Waals surface area contributed by atoms with Gasteiger partial charge in [-0.1, -0.05) is 17.3 Å². The molecule has 1 heterocycles. The van der Waals surface area contributed by atoms with E-state index >= 15 is 0 Å². The average Bonchev–Trinajstić information content (AvgIpc) is 3.30. The molecule has 10 nitrogen and oxygen atoms in total. The number of nitrogens with one attached hydrogen (secondary N) is 1. The Labute approximate surface area is 210 Å². The molecule has 4 aromatic rings. The van der Waals surface area contributed by atoms with Crippen molar-refractivity contribution >= 4 is 45.9 Å². The smallest absolute Gasteiger partial charge is 0.337 e. The second-order valence-electron chi connectivity index (χ2n) is 8.24. The van der Waals surface area contributed by atoms with E-state index in [1.165, 1.54) is 36.9 Å². The van der Waals surface area contributed by atoms with Crippen LogP contribution in [0.25, 0.3) is 22.1 Å². The first-order valence-corrected chi connectivity index (χ1v) is 11.0. The number of nitriles is 1. The lowest BCUT2D eigenvalue weighted by atomic mass is 9.95. The van der Waals surface area contributed by atoms with Crippen LogP contribution in [0.4, 0.5) is 11.4 Å². The Balaban J connectivity index is 1.73. The normalized spacial score (nSPS) is 10.5. The third-order valence-corrected chi connectivity index (χ3v) is 5.87. The number of Topliss-reactive ketones (excluding diaryl/α,β-unsaturated/α-hetero) is 1. The molecule has 3 aromatic carbocycles. The predicted molar refractivity (Wildman–Crippen MR) is 135 cm³/mol. The number of hydrogen-bond acceptors (Lipinski definition) is 7. The molecule has 0 aliphatic rings. The Morgan fingerprint density at radius 1 is 1.00 bits per heavy atom. The number of benzene rings is 3. The van der Waals surface area contributed by atoms with Gasteiger partial charge in [0, 0.05) is 25.2 Å². The molecule has 0 saturated carbocycles. The maximum atomic E-state index is 13.0. The lowest BCUT2D eigenvalue weighted by Crippen LogP contribution is -2.22. The van der Waals surface area contributed by atoms with Crippen LogP contribution < -0.4 is 10.2 Å². The first kappa shape index (κ1) is 24.8. The van der Waals surface area contributed by atoms with Gasteiger partial charge in [0.25, 0.3) is 5.91 Å². The Hall–Kier alpha value is -5.30. The summed E-state index contributed by atoms with van der Waals surface area (Å²) in [6.45, 7) is 2.85. The molecule has 37 heavy (non-hydrogen) atoms. The zero-order valence-electron chi connectivity index (χ0n) is 20.0. The highest BCUT2D eigenvalue weighted by atomic mass is 16.5. The number of fused-ring (bicyclic) bond motifs is 1. The number of carbonyl (C=O) groups excluding carboxylic acids is 3. The van der Waals surface area contributed by atoms with Crippen molar-refractivity contribution in [3.63, 3.8) is 0 Å². The highest BCUT2D eigenvalue weighted by molar-refractivity contribution is 6.14. The molecule has 4 rings (SSSR count). The van der Waals surface area contributed by atoms with Gasteiger partial charge in [0.05, 0.1) is 28.3 Å². The van der Waals surface area contributed by atoms with Crippen molar-refractivity contribution in [2.45, 2.75) is 13.8 Å². The Morgan fingerprint density at radius 2 is 1.70 bits per heavy atom. The number of aromatic carboxylic acids is 1. The first-order valence-electron chi connectivity index (χ1n) is 11.0. The van der Waals surface area contributed by atoms with Crippen molar-refractivity contribution in [1.82, 2.24) is 5.16 Å². The van der Waals surface area contributed by atoms with Gasteiger partial charge in [-0.2, -0.15) is 5.26 Å². The summed E-state index contributed by atoms with van der Waals surface area (Å²) < 4.78 is 5.38. The SMILES string of the molecule is CC(=O)c1cc2c(C(=O)Nc3ccc(C#N)cc3C(=O)O)noc2cc1-c1ccc(N(C)C(C)=O)cc1. The van der Waals surface area contributed by atoms with Gasteiger partial charge in [-0.3, -0.25) is 14.4 Å². The van der Waals surface area contributed by atoms with Crippen LogP contribution in [0.3, 0.4) is 0 Å². The van der Waals surface area contributed by atoms with E-state index in [0.29, 0.717) is 22.4 Å². The molecule has 0 saturated heterocycles. The zero-order valence-corrected chi connectivity index (χ0v) is 20.0. The van der Waals surface area contributed by atoms with Crippen LogP contribution in [0.15, 0.2) is 59.1 Å². The van der Waals surface area contributed by atoms with Gasteiger partial charge in [0.2, 0.25) is 5.91 Å². The number of carbonyl (C=O) groups is 4. The third-order valence-electron chi connectivity index (χ3n) is 5.87. The summed E-state index contributed by atoms with van der Waals surface area (Å²) >= 11 is 0. The first-order chi connectivity index (χ1) is 17.6. The molecule has 0 radical (unpaired) electrons. The lowest BCUT2D eigenvalue weighted by molar-refractivity contribution is -0.116. The summed E-state index contributed by atoms with van der Waals surface area (Å²) in [4.78, 5) is 50.2. The topological polar surface area (TPSA) is 154 Å². The van der Waals surface area contributed by atoms with Gasteiger partial charge in [-0.05, 0) is 60.5 Å². The van der Waals surface area contributed by atoms with Crippen molar-refractivity contribution in [2.75, 3.05) is 17.3 Å². The number of ketones is 1. The minimum atomic E-state index is -1.32. The molecule has 0 aliphatic heterocycles. The van der Waals surface area contributed by atoms with E-state index in [1.807, 2.05) is 6.07 Å². The van der Waals surface area contributed by atoms with Gasteiger partial charge >= 0.3 is 5.97 Å². The van der Waals surface area contributed by atoms with E-state index in [2.05, 4.69) is 10.5 Å². The number of nitrogens with zero attached hydrogens (tertiary/aromatic N) is 3. The van der Waals surface area contributed by atoms with Crippen molar-refractivity contribution in [3.05, 3.63) is 77.0 Å². The molecule has 2 amide bonds. The number of aromatic nitrogens is 1. The van der Waals surface area contributed by atoms with Gasteiger partial charge in [0.15, 0.2) is 17.1 Å². The van der Waals surface area contributed by atoms with E-state index in [9.17, 15) is 24.3 Å². The Bertz CT molecular complexity index is 1630. The van der Waals surface area contributed by atoms with Crippen LogP contribution in [0.1, 0.15) is 50.6 Å². The second kappa shape index (κ2) is 9.75. The molecular weight excluding hydrogens is 476 g/mol. The summed E-state index contributed by atoms with van der Waals surface area (Å²) in [7, 11) is 1.66. The van der Waals surface area contributed by atoms with Gasteiger partial charge in [-0.25, -0.2) is 4.79 Å². The molecule has 0 atom stereocenters. The monoisotopic (exact) mass is 496 g/mol. The highest BCUT2D eigenvalue weighted by Crippen LogP contribution is 2.32. The van der Waals surface area contributed by atoms with Crippen LogP contribution in [0, 0.1) is 11.3 Å². The molecule has 184 valence electrons. The Kier molecular flexibility index (Phi) is 6.54. The number of anilines is 2. The fourth-order valence-corrected chi connectivity index (χ4v) is 3.81. The van der Waals surface area contributed by atoms with Crippen LogP contribution in [-0.4, -0.2) is 40.9 Å². The second-order valence-corrected chi connectivity index (χ2v) is 8.24. The van der Waals surface area contributed by atoms with E-state index in [0.717, 1.165) is 6.07 Å². The number of amides is 2. The average molecular weight is 496 g/mol. The van der Waals surface area contributed by atoms with E-state index in [-0.39, 0.29) is 45.2 Å². The summed E-state index contributed by atoms with van der Waals surface area (Å²) in [6.07, 6.45) is 0. The number of carboxylic acid groups (broad SMARTS) is 1.